The quantitative estimate of drug-likeness (QED) is 0.894. The summed E-state index contributed by atoms with van der Waals surface area (Å²) in [5, 5.41) is 2.72. The molecule has 136 valence electrons. The highest BCUT2D eigenvalue weighted by Crippen LogP contribution is 2.21. The van der Waals surface area contributed by atoms with E-state index < -0.39 is 11.7 Å². The monoisotopic (exact) mass is 375 g/mol. The molecule has 2 aromatic carbocycles. The number of halogens is 2. The van der Waals surface area contributed by atoms with Crippen molar-refractivity contribution in [3.63, 3.8) is 0 Å². The van der Waals surface area contributed by atoms with Crippen LogP contribution in [-0.2, 0) is 4.79 Å². The molecule has 3 rings (SSSR count). The number of piperazine rings is 1. The maximum atomic E-state index is 13.5. The molecule has 0 saturated carbocycles. The molecule has 7 heteroatoms. The molecule has 0 radical (unpaired) electrons. The molecule has 0 spiro atoms. The van der Waals surface area contributed by atoms with E-state index in [2.05, 4.69) is 10.2 Å². The zero-order valence-electron chi connectivity index (χ0n) is 14.3. The van der Waals surface area contributed by atoms with Crippen molar-refractivity contribution in [2.75, 3.05) is 36.4 Å². The first kappa shape index (κ1) is 18.2. The fraction of sp³-hybridized carbons (Fsp3) is 0.263. The van der Waals surface area contributed by atoms with Crippen LogP contribution in [0.3, 0.4) is 0 Å². The van der Waals surface area contributed by atoms with E-state index in [1.54, 1.807) is 19.1 Å². The number of anilines is 2. The van der Waals surface area contributed by atoms with Crippen molar-refractivity contribution in [1.29, 1.82) is 0 Å². The highest BCUT2D eigenvalue weighted by Gasteiger charge is 2.18. The lowest BCUT2D eigenvalue weighted by Crippen LogP contribution is -2.48. The molecule has 2 amide bonds. The Balaban J connectivity index is 1.62. The fourth-order valence-corrected chi connectivity index (χ4v) is 2.99. The number of benzene rings is 2. The van der Waals surface area contributed by atoms with Gasteiger partial charge in [0, 0.05) is 50.0 Å². The molecule has 0 atom stereocenters. The average molecular weight is 376 g/mol. The summed E-state index contributed by atoms with van der Waals surface area (Å²) in [7, 11) is 0. The summed E-state index contributed by atoms with van der Waals surface area (Å²) in [4.78, 5) is 27.6. The van der Waals surface area contributed by atoms with Crippen LogP contribution < -0.4 is 10.2 Å². The molecule has 26 heavy (non-hydrogen) atoms. The Hall–Kier alpha value is -2.60. The second-order valence-electron chi connectivity index (χ2n) is 6.12. The maximum Gasteiger partial charge on any atom is 0.255 e. The summed E-state index contributed by atoms with van der Waals surface area (Å²) in [5.41, 5.74) is 1.86. The van der Waals surface area contributed by atoms with Crippen molar-refractivity contribution in [1.82, 2.24) is 4.90 Å². The summed E-state index contributed by atoms with van der Waals surface area (Å²) < 4.78 is 13.5. The lowest BCUT2D eigenvalue weighted by Gasteiger charge is -2.35. The average Bonchev–Trinajstić information content (AvgIpc) is 2.64. The van der Waals surface area contributed by atoms with Gasteiger partial charge < -0.3 is 15.1 Å². The van der Waals surface area contributed by atoms with Gasteiger partial charge in [0.05, 0.1) is 5.02 Å². The van der Waals surface area contributed by atoms with Crippen LogP contribution in [0, 0.1) is 5.82 Å². The molecular formula is C19H19ClFN3O2. The van der Waals surface area contributed by atoms with Crippen molar-refractivity contribution in [3.8, 4) is 0 Å². The third-order valence-electron chi connectivity index (χ3n) is 4.40. The predicted molar refractivity (Wildman–Crippen MR) is 100 cm³/mol. The molecule has 1 N–H and O–H groups in total. The fourth-order valence-electron chi connectivity index (χ4n) is 2.88. The van der Waals surface area contributed by atoms with Gasteiger partial charge in [0.25, 0.3) is 5.91 Å². The summed E-state index contributed by atoms with van der Waals surface area (Å²) in [6, 6.07) is 11.4. The van der Waals surface area contributed by atoms with E-state index in [1.165, 1.54) is 12.1 Å². The second-order valence-corrected chi connectivity index (χ2v) is 6.53. The molecule has 1 heterocycles. The standard InChI is InChI=1S/C19H19ClFN3O2/c1-13(25)23-8-10-24(11-9-23)16-5-3-15(4-6-16)22-19(26)14-2-7-17(20)18(21)12-14/h2-7,12H,8-11H2,1H3,(H,22,26). The Morgan fingerprint density at radius 3 is 2.27 bits per heavy atom. The Morgan fingerprint density at radius 1 is 1.04 bits per heavy atom. The number of carbonyl (C=O) groups is 2. The number of hydrogen-bond acceptors (Lipinski definition) is 3. The highest BCUT2D eigenvalue weighted by molar-refractivity contribution is 6.30. The van der Waals surface area contributed by atoms with Gasteiger partial charge in [0.15, 0.2) is 0 Å². The zero-order chi connectivity index (χ0) is 18.7. The van der Waals surface area contributed by atoms with Crippen LogP contribution in [0.25, 0.3) is 0 Å². The van der Waals surface area contributed by atoms with Gasteiger partial charge in [-0.3, -0.25) is 9.59 Å². The number of rotatable bonds is 3. The predicted octanol–water partition coefficient (Wildman–Crippen LogP) is 3.40. The lowest BCUT2D eigenvalue weighted by atomic mass is 10.2. The summed E-state index contributed by atoms with van der Waals surface area (Å²) in [5.74, 6) is -0.927. The molecule has 1 aliphatic rings. The first-order valence-electron chi connectivity index (χ1n) is 8.31. The maximum absolute atomic E-state index is 13.5. The van der Waals surface area contributed by atoms with Crippen LogP contribution in [0.1, 0.15) is 17.3 Å². The molecule has 0 unspecified atom stereocenters. The van der Waals surface area contributed by atoms with E-state index in [4.69, 9.17) is 11.6 Å². The van der Waals surface area contributed by atoms with E-state index in [0.29, 0.717) is 18.8 Å². The largest absolute Gasteiger partial charge is 0.368 e. The van der Waals surface area contributed by atoms with E-state index in [1.807, 2.05) is 17.0 Å². The molecule has 1 aliphatic heterocycles. The van der Waals surface area contributed by atoms with E-state index >= 15 is 0 Å². The van der Waals surface area contributed by atoms with Crippen LogP contribution >= 0.6 is 11.6 Å². The Kier molecular flexibility index (Phi) is 5.42. The first-order valence-corrected chi connectivity index (χ1v) is 8.69. The van der Waals surface area contributed by atoms with Gasteiger partial charge in [-0.1, -0.05) is 11.6 Å². The Labute approximate surface area is 156 Å². The normalized spacial score (nSPS) is 14.3. The molecule has 0 aliphatic carbocycles. The van der Waals surface area contributed by atoms with Gasteiger partial charge in [0.2, 0.25) is 5.91 Å². The van der Waals surface area contributed by atoms with Crippen molar-refractivity contribution >= 4 is 34.8 Å². The van der Waals surface area contributed by atoms with E-state index in [-0.39, 0.29) is 16.5 Å². The van der Waals surface area contributed by atoms with Gasteiger partial charge >= 0.3 is 0 Å². The minimum absolute atomic E-state index is 0.0178. The highest BCUT2D eigenvalue weighted by atomic mass is 35.5. The van der Waals surface area contributed by atoms with Crippen LogP contribution in [-0.4, -0.2) is 42.9 Å². The minimum atomic E-state index is -0.626. The third-order valence-corrected chi connectivity index (χ3v) is 4.70. The number of hydrogen-bond donors (Lipinski definition) is 1. The van der Waals surface area contributed by atoms with E-state index in [9.17, 15) is 14.0 Å². The van der Waals surface area contributed by atoms with Crippen molar-refractivity contribution in [3.05, 3.63) is 58.9 Å². The molecular weight excluding hydrogens is 357 g/mol. The molecule has 1 saturated heterocycles. The lowest BCUT2D eigenvalue weighted by molar-refractivity contribution is -0.129. The smallest absolute Gasteiger partial charge is 0.255 e. The first-order chi connectivity index (χ1) is 12.4. The molecule has 0 aromatic heterocycles. The molecule has 0 bridgehead atoms. The van der Waals surface area contributed by atoms with Crippen molar-refractivity contribution < 1.29 is 14.0 Å². The number of carbonyl (C=O) groups excluding carboxylic acids is 2. The van der Waals surface area contributed by atoms with E-state index in [0.717, 1.165) is 24.8 Å². The van der Waals surface area contributed by atoms with Gasteiger partial charge in [-0.05, 0) is 42.5 Å². The SMILES string of the molecule is CC(=O)N1CCN(c2ccc(NC(=O)c3ccc(Cl)c(F)c3)cc2)CC1. The molecule has 2 aromatic rings. The van der Waals surface area contributed by atoms with Crippen molar-refractivity contribution in [2.45, 2.75) is 6.92 Å². The molecule has 5 nitrogen and oxygen atoms in total. The number of nitrogens with zero attached hydrogens (tertiary/aromatic N) is 2. The number of amides is 2. The van der Waals surface area contributed by atoms with Crippen LogP contribution in [0.5, 0.6) is 0 Å². The van der Waals surface area contributed by atoms with Crippen LogP contribution in [0.2, 0.25) is 5.02 Å². The van der Waals surface area contributed by atoms with Crippen molar-refractivity contribution in [2.24, 2.45) is 0 Å². The van der Waals surface area contributed by atoms with Crippen LogP contribution in [0.4, 0.5) is 15.8 Å². The van der Waals surface area contributed by atoms with Gasteiger partial charge in [0.1, 0.15) is 5.82 Å². The van der Waals surface area contributed by atoms with Gasteiger partial charge in [-0.2, -0.15) is 0 Å². The zero-order valence-corrected chi connectivity index (χ0v) is 15.1. The summed E-state index contributed by atoms with van der Waals surface area (Å²) in [6.07, 6.45) is 0. The number of nitrogens with one attached hydrogen (secondary N) is 1. The second kappa shape index (κ2) is 7.74. The third kappa shape index (κ3) is 4.14. The Morgan fingerprint density at radius 2 is 1.69 bits per heavy atom. The van der Waals surface area contributed by atoms with Gasteiger partial charge in [-0.15, -0.1) is 0 Å². The topological polar surface area (TPSA) is 52.7 Å². The minimum Gasteiger partial charge on any atom is -0.368 e. The van der Waals surface area contributed by atoms with Gasteiger partial charge in [-0.25, -0.2) is 4.39 Å². The molecule has 1 fully saturated rings. The van der Waals surface area contributed by atoms with Crippen LogP contribution in [0.15, 0.2) is 42.5 Å². The Bertz CT molecular complexity index is 818. The summed E-state index contributed by atoms with van der Waals surface area (Å²) in [6.45, 7) is 4.54. The summed E-state index contributed by atoms with van der Waals surface area (Å²) >= 11 is 5.63.